The van der Waals surface area contributed by atoms with Gasteiger partial charge in [0, 0.05) is 18.2 Å². The van der Waals surface area contributed by atoms with Gasteiger partial charge in [-0.25, -0.2) is 9.59 Å². The molecule has 0 aliphatic heterocycles. The number of benzene rings is 1. The molecule has 18 heavy (non-hydrogen) atoms. The fourth-order valence-corrected chi connectivity index (χ4v) is 1.22. The summed E-state index contributed by atoms with van der Waals surface area (Å²) in [6, 6.07) is 3.26. The second kappa shape index (κ2) is 5.58. The van der Waals surface area contributed by atoms with Gasteiger partial charge in [0.2, 0.25) is 0 Å². The van der Waals surface area contributed by atoms with Gasteiger partial charge in [-0.3, -0.25) is 10.1 Å². The van der Waals surface area contributed by atoms with E-state index in [-0.39, 0.29) is 16.8 Å². The van der Waals surface area contributed by atoms with E-state index in [1.807, 2.05) is 0 Å². The molecule has 0 saturated heterocycles. The van der Waals surface area contributed by atoms with E-state index in [9.17, 15) is 19.7 Å². The molecule has 0 amide bonds. The fourth-order valence-electron chi connectivity index (χ4n) is 1.22. The van der Waals surface area contributed by atoms with Gasteiger partial charge in [-0.1, -0.05) is 0 Å². The zero-order chi connectivity index (χ0) is 13.7. The van der Waals surface area contributed by atoms with Gasteiger partial charge in [-0.05, 0) is 17.7 Å². The van der Waals surface area contributed by atoms with E-state index >= 15 is 0 Å². The van der Waals surface area contributed by atoms with Crippen molar-refractivity contribution in [2.75, 3.05) is 7.11 Å². The first-order valence-corrected chi connectivity index (χ1v) is 4.73. The Morgan fingerprint density at radius 1 is 1.44 bits per heavy atom. The molecular formula is C11H9NO6. The van der Waals surface area contributed by atoms with Gasteiger partial charge in [0.1, 0.15) is 0 Å². The number of hydrogen-bond acceptors (Lipinski definition) is 5. The van der Waals surface area contributed by atoms with Crippen LogP contribution in [-0.2, 0) is 9.53 Å². The third-order valence-corrected chi connectivity index (χ3v) is 2.08. The Morgan fingerprint density at radius 3 is 2.61 bits per heavy atom. The lowest BCUT2D eigenvalue weighted by molar-refractivity contribution is -0.384. The summed E-state index contributed by atoms with van der Waals surface area (Å²) in [5.41, 5.74) is -0.340. The number of aromatic carboxylic acids is 1. The minimum atomic E-state index is -1.24. The predicted octanol–water partition coefficient (Wildman–Crippen LogP) is 1.48. The maximum Gasteiger partial charge on any atom is 0.336 e. The first-order valence-electron chi connectivity index (χ1n) is 4.73. The molecule has 94 valence electrons. The molecule has 1 rings (SSSR count). The summed E-state index contributed by atoms with van der Waals surface area (Å²) < 4.78 is 4.34. The molecule has 1 aromatic rings. The van der Waals surface area contributed by atoms with Crippen LogP contribution in [0.2, 0.25) is 0 Å². The fraction of sp³-hybridized carbons (Fsp3) is 0.0909. The van der Waals surface area contributed by atoms with Crippen molar-refractivity contribution in [3.8, 4) is 0 Å². The van der Waals surface area contributed by atoms with Crippen molar-refractivity contribution in [1.82, 2.24) is 0 Å². The first kappa shape index (κ1) is 13.4. The van der Waals surface area contributed by atoms with Gasteiger partial charge in [-0.2, -0.15) is 0 Å². The number of methoxy groups -OCH3 is 1. The Balaban J connectivity index is 3.23. The average molecular weight is 251 g/mol. The number of nitrogens with zero attached hydrogens (tertiary/aromatic N) is 1. The van der Waals surface area contributed by atoms with E-state index in [1.54, 1.807) is 0 Å². The smallest absolute Gasteiger partial charge is 0.336 e. The molecule has 0 atom stereocenters. The maximum atomic E-state index is 10.9. The summed E-state index contributed by atoms with van der Waals surface area (Å²) >= 11 is 0. The SMILES string of the molecule is COC(=O)C=Cc1cc([N+](=O)[O-])ccc1C(=O)O. The van der Waals surface area contributed by atoms with Crippen molar-refractivity contribution in [2.24, 2.45) is 0 Å². The zero-order valence-electron chi connectivity index (χ0n) is 9.32. The highest BCUT2D eigenvalue weighted by molar-refractivity contribution is 5.95. The van der Waals surface area contributed by atoms with Crippen LogP contribution in [0, 0.1) is 10.1 Å². The number of carbonyl (C=O) groups is 2. The van der Waals surface area contributed by atoms with Crippen molar-refractivity contribution in [1.29, 1.82) is 0 Å². The van der Waals surface area contributed by atoms with E-state index in [4.69, 9.17) is 5.11 Å². The average Bonchev–Trinajstić information content (AvgIpc) is 2.35. The predicted molar refractivity (Wildman–Crippen MR) is 61.1 cm³/mol. The Labute approximate surface area is 101 Å². The lowest BCUT2D eigenvalue weighted by atomic mass is 10.1. The molecule has 0 saturated carbocycles. The number of esters is 1. The van der Waals surface area contributed by atoms with Crippen LogP contribution >= 0.6 is 0 Å². The van der Waals surface area contributed by atoms with Gasteiger partial charge in [0.25, 0.3) is 5.69 Å². The van der Waals surface area contributed by atoms with E-state index in [1.165, 1.54) is 0 Å². The lowest BCUT2D eigenvalue weighted by Gasteiger charge is -2.00. The number of carboxylic acids is 1. The highest BCUT2D eigenvalue weighted by Crippen LogP contribution is 2.19. The molecule has 7 heteroatoms. The molecule has 1 N–H and O–H groups in total. The number of carbonyl (C=O) groups excluding carboxylic acids is 1. The molecule has 0 aromatic heterocycles. The van der Waals surface area contributed by atoms with Crippen LogP contribution in [-0.4, -0.2) is 29.1 Å². The molecular weight excluding hydrogens is 242 g/mol. The molecule has 0 radical (unpaired) electrons. The highest BCUT2D eigenvalue weighted by atomic mass is 16.6. The largest absolute Gasteiger partial charge is 0.478 e. The highest BCUT2D eigenvalue weighted by Gasteiger charge is 2.13. The quantitative estimate of drug-likeness (QED) is 0.376. The summed E-state index contributed by atoms with van der Waals surface area (Å²) in [7, 11) is 1.16. The summed E-state index contributed by atoms with van der Waals surface area (Å²) in [6.45, 7) is 0. The second-order valence-electron chi connectivity index (χ2n) is 3.19. The Bertz CT molecular complexity index is 534. The number of nitro benzene ring substituents is 1. The third kappa shape index (κ3) is 3.14. The standard InChI is InChI=1S/C11H9NO6/c1-18-10(13)5-2-7-6-8(12(16)17)3-4-9(7)11(14)15/h2-6H,1H3,(H,14,15). The number of ether oxygens (including phenoxy) is 1. The van der Waals surface area contributed by atoms with Crippen LogP contribution in [0.15, 0.2) is 24.3 Å². The Kier molecular flexibility index (Phi) is 4.14. The molecule has 0 bridgehead atoms. The van der Waals surface area contributed by atoms with E-state index in [0.29, 0.717) is 0 Å². The van der Waals surface area contributed by atoms with Gasteiger partial charge in [0.15, 0.2) is 0 Å². The summed E-state index contributed by atoms with van der Waals surface area (Å²) in [5, 5.41) is 19.5. The van der Waals surface area contributed by atoms with Crippen LogP contribution in [0.4, 0.5) is 5.69 Å². The molecule has 0 aliphatic rings. The molecule has 0 fully saturated rings. The summed E-state index contributed by atoms with van der Waals surface area (Å²) in [5.74, 6) is -1.92. The maximum absolute atomic E-state index is 10.9. The van der Waals surface area contributed by atoms with E-state index in [0.717, 1.165) is 37.5 Å². The molecule has 1 aromatic carbocycles. The van der Waals surface area contributed by atoms with Crippen LogP contribution < -0.4 is 0 Å². The zero-order valence-corrected chi connectivity index (χ0v) is 9.32. The monoisotopic (exact) mass is 251 g/mol. The van der Waals surface area contributed by atoms with Crippen molar-refractivity contribution in [2.45, 2.75) is 0 Å². The van der Waals surface area contributed by atoms with Gasteiger partial charge in [-0.15, -0.1) is 0 Å². The summed E-state index contributed by atoms with van der Waals surface area (Å²) in [6.07, 6.45) is 2.15. The van der Waals surface area contributed by atoms with Crippen LogP contribution in [0.1, 0.15) is 15.9 Å². The van der Waals surface area contributed by atoms with Crippen LogP contribution in [0.3, 0.4) is 0 Å². The topological polar surface area (TPSA) is 107 Å². The Hall–Kier alpha value is -2.70. The number of carboxylic acid groups (broad SMARTS) is 1. The van der Waals surface area contributed by atoms with Gasteiger partial charge < -0.3 is 9.84 Å². The third-order valence-electron chi connectivity index (χ3n) is 2.08. The van der Waals surface area contributed by atoms with Crippen molar-refractivity contribution in [3.05, 3.63) is 45.5 Å². The lowest BCUT2D eigenvalue weighted by Crippen LogP contribution is -2.01. The minimum absolute atomic E-state index is 0.0575. The molecule has 0 spiro atoms. The molecule has 0 aliphatic carbocycles. The van der Waals surface area contributed by atoms with E-state index in [2.05, 4.69) is 4.74 Å². The molecule has 0 heterocycles. The van der Waals surface area contributed by atoms with Crippen molar-refractivity contribution in [3.63, 3.8) is 0 Å². The van der Waals surface area contributed by atoms with Gasteiger partial charge >= 0.3 is 11.9 Å². The van der Waals surface area contributed by atoms with Crippen molar-refractivity contribution < 1.29 is 24.4 Å². The molecule has 7 nitrogen and oxygen atoms in total. The van der Waals surface area contributed by atoms with E-state index < -0.39 is 16.9 Å². The van der Waals surface area contributed by atoms with Crippen LogP contribution in [0.5, 0.6) is 0 Å². The number of nitro groups is 1. The number of rotatable bonds is 4. The van der Waals surface area contributed by atoms with Crippen LogP contribution in [0.25, 0.3) is 6.08 Å². The molecule has 0 unspecified atom stereocenters. The minimum Gasteiger partial charge on any atom is -0.478 e. The second-order valence-corrected chi connectivity index (χ2v) is 3.19. The summed E-state index contributed by atoms with van der Waals surface area (Å²) in [4.78, 5) is 31.7. The van der Waals surface area contributed by atoms with Gasteiger partial charge in [0.05, 0.1) is 17.6 Å². The number of hydrogen-bond donors (Lipinski definition) is 1. The normalized spacial score (nSPS) is 10.3. The van der Waals surface area contributed by atoms with Crippen molar-refractivity contribution >= 4 is 23.7 Å². The number of non-ortho nitro benzene ring substituents is 1. The Morgan fingerprint density at radius 2 is 2.11 bits per heavy atom. The first-order chi connectivity index (χ1) is 8.45.